The van der Waals surface area contributed by atoms with Crippen LogP contribution in [0.25, 0.3) is 22.0 Å². The van der Waals surface area contributed by atoms with Crippen molar-refractivity contribution in [2.45, 2.75) is 43.0 Å². The van der Waals surface area contributed by atoms with Gasteiger partial charge in [-0.15, -0.1) is 11.8 Å². The number of hydrogen-bond acceptors (Lipinski definition) is 6. The van der Waals surface area contributed by atoms with Crippen LogP contribution in [-0.2, 0) is 15.7 Å². The van der Waals surface area contributed by atoms with E-state index in [1.165, 1.54) is 29.9 Å². The number of nitrogens with zero attached hydrogens (tertiary/aromatic N) is 4. The van der Waals surface area contributed by atoms with E-state index in [2.05, 4.69) is 11.6 Å². The quantitative estimate of drug-likeness (QED) is 0.270. The van der Waals surface area contributed by atoms with Crippen LogP contribution in [0.5, 0.6) is 0 Å². The van der Waals surface area contributed by atoms with E-state index in [4.69, 9.17) is 16.3 Å². The first kappa shape index (κ1) is 29.4. The number of amides is 1. The molecule has 13 heteroatoms. The lowest BCUT2D eigenvalue weighted by molar-refractivity contribution is -0.137. The molecule has 1 amide bonds. The number of halogens is 5. The standard InChI is InChI=1S/C28H27ClF4N4O3S/c1-5-22(38)36-14(2)10-35(11-15(36)3)26-19-9-20(28(31,32)33)23(18-7-6-16(29)8-21(18)30)25-24(19)37(27(39)34-26)17(12-40-4)13-41-25/h5-9,14-15,17H,1,10-13H2,2-4H3/t14-,15+,17-/m0/s1. The van der Waals surface area contributed by atoms with Gasteiger partial charge in [0.2, 0.25) is 5.91 Å². The number of benzene rings is 2. The van der Waals surface area contributed by atoms with Crippen LogP contribution >= 0.6 is 23.4 Å². The van der Waals surface area contributed by atoms with Gasteiger partial charge in [0.05, 0.1) is 23.7 Å². The normalized spacial score (nSPS) is 20.9. The van der Waals surface area contributed by atoms with E-state index in [1.54, 1.807) is 9.80 Å². The summed E-state index contributed by atoms with van der Waals surface area (Å²) < 4.78 is 66.1. The molecular weight excluding hydrogens is 584 g/mol. The number of methoxy groups -OCH3 is 1. The fourth-order valence-electron chi connectivity index (χ4n) is 5.87. The zero-order valence-corrected chi connectivity index (χ0v) is 24.0. The van der Waals surface area contributed by atoms with Crippen molar-refractivity contribution < 1.29 is 27.1 Å². The van der Waals surface area contributed by atoms with Gasteiger partial charge in [-0.2, -0.15) is 18.2 Å². The molecule has 0 aliphatic carbocycles. The average Bonchev–Trinajstić information content (AvgIpc) is 2.90. The number of piperazine rings is 1. The number of alkyl halides is 3. The van der Waals surface area contributed by atoms with E-state index in [0.717, 1.165) is 23.9 Å². The van der Waals surface area contributed by atoms with Crippen LogP contribution in [0.4, 0.5) is 23.4 Å². The Hall–Kier alpha value is -3.09. The van der Waals surface area contributed by atoms with Crippen LogP contribution in [0, 0.1) is 5.82 Å². The summed E-state index contributed by atoms with van der Waals surface area (Å²) in [5.74, 6) is -0.870. The SMILES string of the molecule is C=CC(=O)N1[C@H](C)CN(c2nc(=O)n3c4c(c(-c5ccc(Cl)cc5F)c(C(F)(F)F)cc24)SC[C@@H]3COC)C[C@@H]1C. The van der Waals surface area contributed by atoms with Gasteiger partial charge in [0.1, 0.15) is 11.6 Å². The molecule has 0 spiro atoms. The summed E-state index contributed by atoms with van der Waals surface area (Å²) in [5.41, 5.74) is -2.08. The Morgan fingerprint density at radius 2 is 1.93 bits per heavy atom. The van der Waals surface area contributed by atoms with Crippen LogP contribution < -0.4 is 10.6 Å². The van der Waals surface area contributed by atoms with Gasteiger partial charge in [-0.3, -0.25) is 9.36 Å². The lowest BCUT2D eigenvalue weighted by Gasteiger charge is -2.45. The van der Waals surface area contributed by atoms with Crippen LogP contribution in [0.1, 0.15) is 25.5 Å². The molecule has 0 radical (unpaired) electrons. The number of rotatable bonds is 5. The third kappa shape index (κ3) is 5.10. The maximum atomic E-state index is 15.2. The number of carbonyl (C=O) groups excluding carboxylic acids is 1. The van der Waals surface area contributed by atoms with E-state index in [-0.39, 0.29) is 81.2 Å². The molecule has 3 atom stereocenters. The van der Waals surface area contributed by atoms with Crippen molar-refractivity contribution in [3.8, 4) is 11.1 Å². The number of thioether (sulfide) groups is 1. The topological polar surface area (TPSA) is 67.7 Å². The molecule has 2 aromatic carbocycles. The van der Waals surface area contributed by atoms with Gasteiger partial charge in [0.15, 0.2) is 0 Å². The highest BCUT2D eigenvalue weighted by molar-refractivity contribution is 7.99. The first-order chi connectivity index (χ1) is 19.4. The van der Waals surface area contributed by atoms with Gasteiger partial charge in [-0.25, -0.2) is 9.18 Å². The van der Waals surface area contributed by atoms with Crippen LogP contribution in [0.3, 0.4) is 0 Å². The zero-order valence-electron chi connectivity index (χ0n) is 22.5. The molecule has 0 saturated carbocycles. The minimum atomic E-state index is -4.86. The Morgan fingerprint density at radius 1 is 1.24 bits per heavy atom. The predicted molar refractivity (Wildman–Crippen MR) is 151 cm³/mol. The molecular formula is C28H27ClF4N4O3S. The first-order valence-electron chi connectivity index (χ1n) is 12.8. The van der Waals surface area contributed by atoms with Crippen LogP contribution in [-0.4, -0.2) is 65.0 Å². The number of anilines is 1. The maximum Gasteiger partial charge on any atom is 0.417 e. The summed E-state index contributed by atoms with van der Waals surface area (Å²) in [6, 6.07) is 3.28. The monoisotopic (exact) mass is 610 g/mol. The molecule has 2 aliphatic heterocycles. The lowest BCUT2D eigenvalue weighted by atomic mass is 9.95. The largest absolute Gasteiger partial charge is 0.417 e. The molecule has 3 heterocycles. The second-order valence-corrected chi connectivity index (χ2v) is 11.7. The van der Waals surface area contributed by atoms with Gasteiger partial charge in [0.25, 0.3) is 0 Å². The molecule has 7 nitrogen and oxygen atoms in total. The number of aromatic nitrogens is 2. The minimum absolute atomic E-state index is 0.0442. The first-order valence-corrected chi connectivity index (χ1v) is 14.2. The third-order valence-corrected chi connectivity index (χ3v) is 8.92. The molecule has 41 heavy (non-hydrogen) atoms. The summed E-state index contributed by atoms with van der Waals surface area (Å²) in [5, 5.41) is 0.156. The molecule has 1 fully saturated rings. The molecule has 5 rings (SSSR count). The highest BCUT2D eigenvalue weighted by Gasteiger charge is 2.41. The highest BCUT2D eigenvalue weighted by Crippen LogP contribution is 2.50. The Balaban J connectivity index is 1.83. The smallest absolute Gasteiger partial charge is 0.383 e. The van der Waals surface area contributed by atoms with Gasteiger partial charge in [-0.05, 0) is 44.2 Å². The lowest BCUT2D eigenvalue weighted by Crippen LogP contribution is -2.58. The molecule has 2 aliphatic rings. The minimum Gasteiger partial charge on any atom is -0.383 e. The molecule has 0 unspecified atom stereocenters. The van der Waals surface area contributed by atoms with E-state index in [9.17, 15) is 22.8 Å². The Bertz CT molecular complexity index is 1600. The molecule has 3 aromatic rings. The van der Waals surface area contributed by atoms with Crippen molar-refractivity contribution in [2.24, 2.45) is 0 Å². The van der Waals surface area contributed by atoms with Gasteiger partial charge >= 0.3 is 11.9 Å². The molecule has 0 N–H and O–H groups in total. The van der Waals surface area contributed by atoms with Crippen molar-refractivity contribution in [1.82, 2.24) is 14.5 Å². The predicted octanol–water partition coefficient (Wildman–Crippen LogP) is 5.78. The fraction of sp³-hybridized carbons (Fsp3) is 0.393. The third-order valence-electron chi connectivity index (χ3n) is 7.44. The second-order valence-electron chi connectivity index (χ2n) is 10.2. The van der Waals surface area contributed by atoms with E-state index in [1.807, 2.05) is 13.8 Å². The van der Waals surface area contributed by atoms with Gasteiger partial charge in [0, 0.05) is 64.5 Å². The summed E-state index contributed by atoms with van der Waals surface area (Å²) in [6.07, 6.45) is -3.64. The van der Waals surface area contributed by atoms with Crippen LogP contribution in [0.2, 0.25) is 5.02 Å². The van der Waals surface area contributed by atoms with Crippen molar-refractivity contribution >= 4 is 46.0 Å². The second kappa shape index (κ2) is 11.0. The van der Waals surface area contributed by atoms with Crippen molar-refractivity contribution in [1.29, 1.82) is 0 Å². The van der Waals surface area contributed by atoms with Gasteiger partial charge in [-0.1, -0.05) is 18.2 Å². The zero-order chi connectivity index (χ0) is 29.8. The summed E-state index contributed by atoms with van der Waals surface area (Å²) in [7, 11) is 1.47. The average molecular weight is 611 g/mol. The van der Waals surface area contributed by atoms with Crippen molar-refractivity contribution in [2.75, 3.05) is 37.5 Å². The Morgan fingerprint density at radius 3 is 2.51 bits per heavy atom. The molecule has 0 bridgehead atoms. The van der Waals surface area contributed by atoms with E-state index in [0.29, 0.717) is 0 Å². The summed E-state index contributed by atoms with van der Waals surface area (Å²) in [6.45, 7) is 7.77. The summed E-state index contributed by atoms with van der Waals surface area (Å²) >= 11 is 7.03. The van der Waals surface area contributed by atoms with E-state index < -0.39 is 29.3 Å². The van der Waals surface area contributed by atoms with Crippen molar-refractivity contribution in [3.05, 3.63) is 63.8 Å². The number of ether oxygens (including phenoxy) is 1. The van der Waals surface area contributed by atoms with E-state index >= 15 is 4.39 Å². The van der Waals surface area contributed by atoms with Crippen molar-refractivity contribution in [3.63, 3.8) is 0 Å². The highest BCUT2D eigenvalue weighted by atomic mass is 35.5. The fourth-order valence-corrected chi connectivity index (χ4v) is 7.34. The maximum absolute atomic E-state index is 15.2. The molecule has 1 aromatic heterocycles. The van der Waals surface area contributed by atoms with Gasteiger partial charge < -0.3 is 14.5 Å². The summed E-state index contributed by atoms with van der Waals surface area (Å²) in [4.78, 5) is 33.9. The number of hydrogen-bond donors (Lipinski definition) is 0. The number of carbonyl (C=O) groups is 1. The molecule has 1 saturated heterocycles. The van der Waals surface area contributed by atoms with Crippen LogP contribution in [0.15, 0.2) is 46.6 Å². The Kier molecular flexibility index (Phi) is 7.86. The molecule has 218 valence electrons. The Labute approximate surface area is 242 Å².